The molecule has 20 heavy (non-hydrogen) atoms. The van der Waals surface area contributed by atoms with Gasteiger partial charge in [0.25, 0.3) is 0 Å². The number of sulfonamides is 1. The van der Waals surface area contributed by atoms with Gasteiger partial charge in [-0.2, -0.15) is 0 Å². The second-order valence-corrected chi connectivity index (χ2v) is 6.96. The Labute approximate surface area is 120 Å². The van der Waals surface area contributed by atoms with Gasteiger partial charge in [0.05, 0.1) is 13.2 Å². The minimum atomic E-state index is -3.60. The van der Waals surface area contributed by atoms with E-state index in [1.54, 1.807) is 12.1 Å². The molecule has 1 aromatic rings. The van der Waals surface area contributed by atoms with Gasteiger partial charge in [0.2, 0.25) is 10.0 Å². The van der Waals surface area contributed by atoms with E-state index in [0.717, 1.165) is 5.56 Å². The van der Waals surface area contributed by atoms with E-state index < -0.39 is 10.0 Å². The first-order chi connectivity index (χ1) is 9.42. The summed E-state index contributed by atoms with van der Waals surface area (Å²) >= 11 is 0. The largest absolute Gasteiger partial charge is 0.495 e. The Hall–Kier alpha value is -1.11. The lowest BCUT2D eigenvalue weighted by Crippen LogP contribution is -2.38. The van der Waals surface area contributed by atoms with Gasteiger partial charge in [-0.15, -0.1) is 0 Å². The Balaban J connectivity index is 2.20. The van der Waals surface area contributed by atoms with E-state index >= 15 is 0 Å². The van der Waals surface area contributed by atoms with Crippen LogP contribution in [0.3, 0.4) is 0 Å². The van der Waals surface area contributed by atoms with Crippen molar-refractivity contribution < 1.29 is 18.3 Å². The molecule has 2 N–H and O–H groups in total. The molecule has 0 atom stereocenters. The molecule has 1 aromatic carbocycles. The predicted molar refractivity (Wildman–Crippen MR) is 76.3 cm³/mol. The number of aliphatic hydroxyl groups excluding tert-OH is 1. The fourth-order valence-corrected chi connectivity index (χ4v) is 4.03. The van der Waals surface area contributed by atoms with E-state index in [1.807, 2.05) is 13.0 Å². The molecule has 0 spiro atoms. The predicted octanol–water partition coefficient (Wildman–Crippen LogP) is 1.59. The molecular formula is C14H21NO4S. The van der Waals surface area contributed by atoms with Crippen LogP contribution in [0.15, 0.2) is 23.1 Å². The summed E-state index contributed by atoms with van der Waals surface area (Å²) in [5.74, 6) is 0.346. The van der Waals surface area contributed by atoms with Gasteiger partial charge in [-0.25, -0.2) is 13.1 Å². The van der Waals surface area contributed by atoms with Crippen LogP contribution in [0, 0.1) is 6.92 Å². The molecule has 6 heteroatoms. The van der Waals surface area contributed by atoms with Gasteiger partial charge in [0.15, 0.2) is 0 Å². The standard InChI is InChI=1S/C14H21NO4S/c1-10-3-8-13(19-2)14(9-10)20(17,18)15-11-4-6-12(16)7-5-11/h3,8-9,11-12,15-16H,4-7H2,1-2H3. The van der Waals surface area contributed by atoms with Gasteiger partial charge in [0.1, 0.15) is 10.6 Å². The van der Waals surface area contributed by atoms with Crippen molar-refractivity contribution in [3.8, 4) is 5.75 Å². The third kappa shape index (κ3) is 3.50. The highest BCUT2D eigenvalue weighted by Crippen LogP contribution is 2.26. The molecule has 1 aliphatic rings. The minimum absolute atomic E-state index is 0.117. The SMILES string of the molecule is COc1ccc(C)cc1S(=O)(=O)NC1CCC(O)CC1. The van der Waals surface area contributed by atoms with Crippen molar-refractivity contribution >= 4 is 10.0 Å². The van der Waals surface area contributed by atoms with Crippen molar-refractivity contribution in [2.24, 2.45) is 0 Å². The first kappa shape index (κ1) is 15.3. The van der Waals surface area contributed by atoms with Crippen LogP contribution in [0.4, 0.5) is 0 Å². The zero-order chi connectivity index (χ0) is 14.8. The maximum atomic E-state index is 12.5. The van der Waals surface area contributed by atoms with Crippen LogP contribution in [0.25, 0.3) is 0 Å². The third-order valence-electron chi connectivity index (χ3n) is 3.63. The summed E-state index contributed by atoms with van der Waals surface area (Å²) in [6.45, 7) is 1.84. The summed E-state index contributed by atoms with van der Waals surface area (Å²) < 4.78 is 32.8. The van der Waals surface area contributed by atoms with Crippen molar-refractivity contribution in [2.75, 3.05) is 7.11 Å². The Morgan fingerprint density at radius 1 is 1.25 bits per heavy atom. The lowest BCUT2D eigenvalue weighted by atomic mass is 9.94. The lowest BCUT2D eigenvalue weighted by molar-refractivity contribution is 0.120. The fraction of sp³-hybridized carbons (Fsp3) is 0.571. The number of ether oxygens (including phenoxy) is 1. The molecule has 1 fully saturated rings. The summed E-state index contributed by atoms with van der Waals surface area (Å²) in [7, 11) is -2.14. The molecule has 112 valence electrons. The van der Waals surface area contributed by atoms with Crippen LogP contribution >= 0.6 is 0 Å². The quantitative estimate of drug-likeness (QED) is 0.885. The second kappa shape index (κ2) is 6.11. The summed E-state index contributed by atoms with van der Waals surface area (Å²) in [6, 6.07) is 4.97. The highest BCUT2D eigenvalue weighted by molar-refractivity contribution is 7.89. The van der Waals surface area contributed by atoms with Gasteiger partial charge >= 0.3 is 0 Å². The van der Waals surface area contributed by atoms with Crippen molar-refractivity contribution in [3.63, 3.8) is 0 Å². The van der Waals surface area contributed by atoms with Crippen molar-refractivity contribution in [2.45, 2.75) is 49.6 Å². The van der Waals surface area contributed by atoms with E-state index in [4.69, 9.17) is 4.74 Å². The number of aryl methyl sites for hydroxylation is 1. The van der Waals surface area contributed by atoms with Crippen LogP contribution in [0.1, 0.15) is 31.2 Å². The summed E-state index contributed by atoms with van der Waals surface area (Å²) in [5.41, 5.74) is 0.866. The van der Waals surface area contributed by atoms with Crippen molar-refractivity contribution in [1.29, 1.82) is 0 Å². The first-order valence-corrected chi connectivity index (χ1v) is 8.26. The molecule has 0 aromatic heterocycles. The number of nitrogens with one attached hydrogen (secondary N) is 1. The maximum Gasteiger partial charge on any atom is 0.244 e. The summed E-state index contributed by atoms with van der Waals surface area (Å²) in [5, 5.41) is 9.46. The molecule has 0 saturated heterocycles. The normalized spacial score (nSPS) is 23.6. The number of benzene rings is 1. The van der Waals surface area contributed by atoms with E-state index in [-0.39, 0.29) is 17.0 Å². The highest BCUT2D eigenvalue weighted by atomic mass is 32.2. The van der Waals surface area contributed by atoms with Gasteiger partial charge < -0.3 is 9.84 Å². The van der Waals surface area contributed by atoms with E-state index in [1.165, 1.54) is 7.11 Å². The summed E-state index contributed by atoms with van der Waals surface area (Å²) in [6.07, 6.45) is 2.29. The van der Waals surface area contributed by atoms with Gasteiger partial charge in [-0.3, -0.25) is 0 Å². The molecule has 0 radical (unpaired) electrons. The molecule has 0 bridgehead atoms. The molecule has 1 aliphatic carbocycles. The summed E-state index contributed by atoms with van der Waals surface area (Å²) in [4.78, 5) is 0.172. The average Bonchev–Trinajstić information content (AvgIpc) is 2.41. The molecule has 0 heterocycles. The Morgan fingerprint density at radius 3 is 2.50 bits per heavy atom. The fourth-order valence-electron chi connectivity index (χ4n) is 2.47. The minimum Gasteiger partial charge on any atom is -0.495 e. The Morgan fingerprint density at radius 2 is 1.90 bits per heavy atom. The van der Waals surface area contributed by atoms with Gasteiger partial charge in [-0.1, -0.05) is 6.07 Å². The number of rotatable bonds is 4. The molecule has 1 saturated carbocycles. The zero-order valence-electron chi connectivity index (χ0n) is 11.8. The number of hydrogen-bond donors (Lipinski definition) is 2. The maximum absolute atomic E-state index is 12.5. The number of methoxy groups -OCH3 is 1. The smallest absolute Gasteiger partial charge is 0.244 e. The van der Waals surface area contributed by atoms with E-state index in [0.29, 0.717) is 31.4 Å². The lowest BCUT2D eigenvalue weighted by Gasteiger charge is -2.26. The molecule has 0 unspecified atom stereocenters. The van der Waals surface area contributed by atoms with Gasteiger partial charge in [0, 0.05) is 6.04 Å². The average molecular weight is 299 g/mol. The van der Waals surface area contributed by atoms with E-state index in [9.17, 15) is 13.5 Å². The first-order valence-electron chi connectivity index (χ1n) is 6.77. The van der Waals surface area contributed by atoms with Crippen LogP contribution in [-0.4, -0.2) is 32.8 Å². The van der Waals surface area contributed by atoms with Gasteiger partial charge in [-0.05, 0) is 50.3 Å². The van der Waals surface area contributed by atoms with Crippen LogP contribution in [-0.2, 0) is 10.0 Å². The van der Waals surface area contributed by atoms with Crippen LogP contribution in [0.2, 0.25) is 0 Å². The topological polar surface area (TPSA) is 75.6 Å². The van der Waals surface area contributed by atoms with E-state index in [2.05, 4.69) is 4.72 Å². The molecule has 5 nitrogen and oxygen atoms in total. The zero-order valence-corrected chi connectivity index (χ0v) is 12.6. The van der Waals surface area contributed by atoms with Crippen molar-refractivity contribution in [3.05, 3.63) is 23.8 Å². The molecule has 0 amide bonds. The molecule has 0 aliphatic heterocycles. The third-order valence-corrected chi connectivity index (χ3v) is 5.17. The number of hydrogen-bond acceptors (Lipinski definition) is 4. The number of aliphatic hydroxyl groups is 1. The second-order valence-electron chi connectivity index (χ2n) is 5.28. The monoisotopic (exact) mass is 299 g/mol. The van der Waals surface area contributed by atoms with Crippen LogP contribution in [0.5, 0.6) is 5.75 Å². The molecule has 2 rings (SSSR count). The Kier molecular flexibility index (Phi) is 4.67. The van der Waals surface area contributed by atoms with Crippen LogP contribution < -0.4 is 9.46 Å². The highest BCUT2D eigenvalue weighted by Gasteiger charge is 2.26. The molecular weight excluding hydrogens is 278 g/mol. The van der Waals surface area contributed by atoms with Crippen molar-refractivity contribution in [1.82, 2.24) is 4.72 Å². The Bertz CT molecular complexity index is 563.